The van der Waals surface area contributed by atoms with Crippen molar-refractivity contribution in [3.63, 3.8) is 0 Å². The maximum atomic E-state index is 13.5. The molecule has 1 aliphatic carbocycles. The predicted octanol–water partition coefficient (Wildman–Crippen LogP) is 3.94. The lowest BCUT2D eigenvalue weighted by Crippen LogP contribution is -2.52. The van der Waals surface area contributed by atoms with Gasteiger partial charge in [0.15, 0.2) is 11.6 Å². The Bertz CT molecular complexity index is 1310. The van der Waals surface area contributed by atoms with Gasteiger partial charge in [0.1, 0.15) is 17.3 Å². The number of methoxy groups -OCH3 is 1. The van der Waals surface area contributed by atoms with Crippen LogP contribution in [0.3, 0.4) is 0 Å². The van der Waals surface area contributed by atoms with Crippen LogP contribution in [0, 0.1) is 25.7 Å². The number of aryl methyl sites for hydroxylation is 4. The summed E-state index contributed by atoms with van der Waals surface area (Å²) in [6.07, 6.45) is 8.29. The van der Waals surface area contributed by atoms with Crippen LogP contribution in [0.5, 0.6) is 5.75 Å². The molecular formula is C28H35N5O4. The molecule has 2 aliphatic rings. The maximum absolute atomic E-state index is 13.5. The number of carbonyl (C=O) groups excluding carboxylic acids is 2. The van der Waals surface area contributed by atoms with Crippen LogP contribution in [0.4, 0.5) is 0 Å². The van der Waals surface area contributed by atoms with Crippen molar-refractivity contribution >= 4 is 17.5 Å². The number of rotatable bonds is 8. The molecule has 2 atom stereocenters. The highest BCUT2D eigenvalue weighted by atomic mass is 16.6. The summed E-state index contributed by atoms with van der Waals surface area (Å²) in [5.74, 6) is 0.374. The molecule has 0 N–H and O–H groups in total. The van der Waals surface area contributed by atoms with Gasteiger partial charge < -0.3 is 9.47 Å². The molecule has 1 saturated heterocycles. The van der Waals surface area contributed by atoms with E-state index in [1.807, 2.05) is 19.9 Å². The SMILES string of the molecule is CCc1cc(CCC2(C3CCCC3)CC(=O)C(Cc3nc4nc(C)cc(C)n4n3)C(=O)O2)c(OC)cn1. The first-order chi connectivity index (χ1) is 17.8. The van der Waals surface area contributed by atoms with E-state index in [2.05, 4.69) is 33.0 Å². The molecular weight excluding hydrogens is 470 g/mol. The molecule has 9 heteroatoms. The van der Waals surface area contributed by atoms with Crippen molar-refractivity contribution in [2.24, 2.45) is 11.8 Å². The molecule has 9 nitrogen and oxygen atoms in total. The topological polar surface area (TPSA) is 109 Å². The van der Waals surface area contributed by atoms with Crippen LogP contribution in [0.1, 0.15) is 73.9 Å². The second-order valence-electron chi connectivity index (χ2n) is 10.5. The van der Waals surface area contributed by atoms with E-state index in [0.717, 1.165) is 60.5 Å². The third-order valence-corrected chi connectivity index (χ3v) is 8.00. The summed E-state index contributed by atoms with van der Waals surface area (Å²) in [7, 11) is 1.64. The number of Topliss-reactive ketones (excluding diaryl/α,β-unsaturated/α-hetero) is 1. The second kappa shape index (κ2) is 10.2. The monoisotopic (exact) mass is 505 g/mol. The molecule has 1 saturated carbocycles. The van der Waals surface area contributed by atoms with E-state index >= 15 is 0 Å². The summed E-state index contributed by atoms with van der Waals surface area (Å²) in [6, 6.07) is 3.98. The first-order valence-corrected chi connectivity index (χ1v) is 13.3. The lowest BCUT2D eigenvalue weighted by molar-refractivity contribution is -0.185. The number of carbonyl (C=O) groups is 2. The molecule has 0 radical (unpaired) electrons. The van der Waals surface area contributed by atoms with E-state index in [4.69, 9.17) is 9.47 Å². The Balaban J connectivity index is 1.37. The van der Waals surface area contributed by atoms with Gasteiger partial charge in [0.2, 0.25) is 0 Å². The van der Waals surface area contributed by atoms with Crippen molar-refractivity contribution in [2.45, 2.75) is 84.2 Å². The Morgan fingerprint density at radius 1 is 1.16 bits per heavy atom. The van der Waals surface area contributed by atoms with Crippen molar-refractivity contribution < 1.29 is 19.1 Å². The largest absolute Gasteiger partial charge is 0.495 e. The van der Waals surface area contributed by atoms with Gasteiger partial charge in [-0.2, -0.15) is 4.98 Å². The van der Waals surface area contributed by atoms with Gasteiger partial charge >= 0.3 is 5.97 Å². The van der Waals surface area contributed by atoms with Gasteiger partial charge in [0.25, 0.3) is 5.78 Å². The van der Waals surface area contributed by atoms with Crippen molar-refractivity contribution in [2.75, 3.05) is 7.11 Å². The van der Waals surface area contributed by atoms with E-state index < -0.39 is 17.5 Å². The molecule has 37 heavy (non-hydrogen) atoms. The number of nitrogens with zero attached hydrogens (tertiary/aromatic N) is 5. The van der Waals surface area contributed by atoms with Crippen molar-refractivity contribution in [1.82, 2.24) is 24.6 Å². The van der Waals surface area contributed by atoms with Gasteiger partial charge in [-0.3, -0.25) is 14.6 Å². The average molecular weight is 506 g/mol. The van der Waals surface area contributed by atoms with Crippen LogP contribution < -0.4 is 4.74 Å². The molecule has 3 aromatic heterocycles. The first-order valence-electron chi connectivity index (χ1n) is 13.3. The molecule has 2 unspecified atom stereocenters. The van der Waals surface area contributed by atoms with Crippen LogP contribution in [-0.2, 0) is 33.6 Å². The van der Waals surface area contributed by atoms with E-state index in [-0.39, 0.29) is 24.5 Å². The Morgan fingerprint density at radius 3 is 2.65 bits per heavy atom. The average Bonchev–Trinajstić information content (AvgIpc) is 3.55. The van der Waals surface area contributed by atoms with E-state index in [9.17, 15) is 9.59 Å². The molecule has 1 aliphatic heterocycles. The molecule has 0 amide bonds. The zero-order valence-corrected chi connectivity index (χ0v) is 22.1. The Morgan fingerprint density at radius 2 is 1.95 bits per heavy atom. The first kappa shape index (κ1) is 25.3. The van der Waals surface area contributed by atoms with E-state index in [1.165, 1.54) is 0 Å². The quantitative estimate of drug-likeness (QED) is 0.335. The zero-order valence-electron chi connectivity index (χ0n) is 22.1. The summed E-state index contributed by atoms with van der Waals surface area (Å²) < 4.78 is 13.5. The summed E-state index contributed by atoms with van der Waals surface area (Å²) in [5.41, 5.74) is 2.97. The van der Waals surface area contributed by atoms with Crippen LogP contribution in [-0.4, -0.2) is 49.0 Å². The van der Waals surface area contributed by atoms with Gasteiger partial charge in [0, 0.05) is 29.9 Å². The molecule has 5 rings (SSSR count). The molecule has 196 valence electrons. The highest BCUT2D eigenvalue weighted by Gasteiger charge is 2.51. The fraction of sp³-hybridized carbons (Fsp3) is 0.571. The smallest absolute Gasteiger partial charge is 0.317 e. The van der Waals surface area contributed by atoms with Crippen LogP contribution in [0.15, 0.2) is 18.3 Å². The van der Waals surface area contributed by atoms with Crippen molar-refractivity contribution in [3.8, 4) is 5.75 Å². The standard InChI is InChI=1S/C28H35N5O4/c1-5-21-13-19(24(36-4)16-29-21)10-11-28(20-8-6-7-9-20)15-23(34)22(26(35)37-28)14-25-31-27-30-17(2)12-18(3)33(27)32-25/h12-13,16,20,22H,5-11,14-15H2,1-4H3. The molecule has 0 aromatic carbocycles. The lowest BCUT2D eigenvalue weighted by Gasteiger charge is -2.43. The summed E-state index contributed by atoms with van der Waals surface area (Å²) in [6.45, 7) is 5.89. The molecule has 4 heterocycles. The second-order valence-corrected chi connectivity index (χ2v) is 10.5. The fourth-order valence-electron chi connectivity index (χ4n) is 6.01. The minimum atomic E-state index is -0.893. The predicted molar refractivity (Wildman–Crippen MR) is 136 cm³/mol. The lowest BCUT2D eigenvalue weighted by atomic mass is 9.73. The zero-order chi connectivity index (χ0) is 26.2. The van der Waals surface area contributed by atoms with Crippen LogP contribution in [0.25, 0.3) is 5.78 Å². The van der Waals surface area contributed by atoms with Gasteiger partial charge in [0.05, 0.1) is 13.3 Å². The van der Waals surface area contributed by atoms with E-state index in [1.54, 1.807) is 17.8 Å². The number of fused-ring (bicyclic) bond motifs is 1. The number of hydrogen-bond donors (Lipinski definition) is 0. The van der Waals surface area contributed by atoms with Crippen molar-refractivity contribution in [3.05, 3.63) is 46.8 Å². The van der Waals surface area contributed by atoms with Gasteiger partial charge in [-0.05, 0) is 69.6 Å². The number of ether oxygens (including phenoxy) is 2. The number of aromatic nitrogens is 5. The van der Waals surface area contributed by atoms with Crippen LogP contribution in [0.2, 0.25) is 0 Å². The fourth-order valence-corrected chi connectivity index (χ4v) is 6.01. The molecule has 0 bridgehead atoms. The highest BCUT2D eigenvalue weighted by Crippen LogP contribution is 2.45. The summed E-state index contributed by atoms with van der Waals surface area (Å²) in [5, 5.41) is 4.50. The Hall–Kier alpha value is -3.36. The molecule has 0 spiro atoms. The number of ketones is 1. The maximum Gasteiger partial charge on any atom is 0.317 e. The molecule has 3 aromatic rings. The number of hydrogen-bond acceptors (Lipinski definition) is 8. The third kappa shape index (κ3) is 4.95. The van der Waals surface area contributed by atoms with Crippen LogP contribution >= 0.6 is 0 Å². The number of pyridine rings is 1. The van der Waals surface area contributed by atoms with Crippen molar-refractivity contribution in [1.29, 1.82) is 0 Å². The normalized spacial score (nSPS) is 22.5. The third-order valence-electron chi connectivity index (χ3n) is 8.00. The van der Waals surface area contributed by atoms with Gasteiger partial charge in [-0.25, -0.2) is 9.50 Å². The summed E-state index contributed by atoms with van der Waals surface area (Å²) >= 11 is 0. The molecule has 2 fully saturated rings. The minimum absolute atomic E-state index is 0.0844. The number of esters is 1. The number of cyclic esters (lactones) is 1. The Labute approximate surface area is 217 Å². The minimum Gasteiger partial charge on any atom is -0.495 e. The summed E-state index contributed by atoms with van der Waals surface area (Å²) in [4.78, 5) is 40.3. The van der Waals surface area contributed by atoms with Gasteiger partial charge in [-0.1, -0.05) is 19.8 Å². The van der Waals surface area contributed by atoms with E-state index in [0.29, 0.717) is 24.4 Å². The highest BCUT2D eigenvalue weighted by molar-refractivity contribution is 6.01. The van der Waals surface area contributed by atoms with Gasteiger partial charge in [-0.15, -0.1) is 5.10 Å². The Kier molecular flexibility index (Phi) is 6.96.